The summed E-state index contributed by atoms with van der Waals surface area (Å²) in [6, 6.07) is -1.07. The summed E-state index contributed by atoms with van der Waals surface area (Å²) in [5.41, 5.74) is 10.7. The van der Waals surface area contributed by atoms with E-state index in [1.165, 1.54) is 0 Å². The number of nitrogens with zero attached hydrogens (tertiary/aromatic N) is 2. The molecule has 0 radical (unpaired) electrons. The second-order valence-electron chi connectivity index (χ2n) is 4.48. The van der Waals surface area contributed by atoms with Crippen molar-refractivity contribution in [1.82, 2.24) is 4.90 Å². The van der Waals surface area contributed by atoms with Crippen LogP contribution in [0, 0.1) is 0 Å². The Bertz CT molecular complexity index is 476. The first-order valence-electron chi connectivity index (χ1n) is 5.94. The van der Waals surface area contributed by atoms with Crippen molar-refractivity contribution in [3.8, 4) is 0 Å². The van der Waals surface area contributed by atoms with Crippen LogP contribution in [0.5, 0.6) is 0 Å². The number of rotatable bonds is 9. The van der Waals surface area contributed by atoms with Gasteiger partial charge in [0.15, 0.2) is 5.96 Å². The smallest absolute Gasteiger partial charge is 0.344 e. The minimum absolute atomic E-state index is 0.00830. The molecule has 0 aromatic rings. The third-order valence-corrected chi connectivity index (χ3v) is 3.72. The summed E-state index contributed by atoms with van der Waals surface area (Å²) in [6.45, 7) is -0.00830. The SMILES string of the molecule is NC(=NCCCC(N)C(=O)O)N(CP(=O)(O)O)CP(=O)(O)O. The van der Waals surface area contributed by atoms with E-state index in [9.17, 15) is 13.9 Å². The van der Waals surface area contributed by atoms with Crippen molar-refractivity contribution in [3.63, 3.8) is 0 Å². The number of carboxylic acids is 1. The summed E-state index contributed by atoms with van der Waals surface area (Å²) >= 11 is 0. The zero-order valence-electron chi connectivity index (χ0n) is 11.5. The number of hydrogen-bond acceptors (Lipinski definition) is 5. The Morgan fingerprint density at radius 3 is 1.95 bits per heavy atom. The molecule has 1 unspecified atom stereocenters. The van der Waals surface area contributed by atoms with Crippen LogP contribution in [0.15, 0.2) is 4.99 Å². The van der Waals surface area contributed by atoms with Crippen LogP contribution < -0.4 is 11.5 Å². The minimum Gasteiger partial charge on any atom is -0.480 e. The van der Waals surface area contributed by atoms with Gasteiger partial charge in [-0.05, 0) is 12.8 Å². The average Bonchev–Trinajstić information content (AvgIpc) is 2.29. The van der Waals surface area contributed by atoms with Gasteiger partial charge in [-0.2, -0.15) is 0 Å². The third-order valence-electron chi connectivity index (χ3n) is 2.30. The fourth-order valence-corrected chi connectivity index (χ4v) is 2.90. The topological polar surface area (TPSA) is 220 Å². The first kappa shape index (κ1) is 21.0. The van der Waals surface area contributed by atoms with E-state index in [1.807, 2.05) is 0 Å². The summed E-state index contributed by atoms with van der Waals surface area (Å²) in [5.74, 6) is -1.64. The van der Waals surface area contributed by atoms with Gasteiger partial charge in [-0.25, -0.2) is 0 Å². The number of guanidine groups is 1. The van der Waals surface area contributed by atoms with Gasteiger partial charge in [0, 0.05) is 6.54 Å². The average molecular weight is 362 g/mol. The lowest BCUT2D eigenvalue weighted by Gasteiger charge is -2.24. The lowest BCUT2D eigenvalue weighted by Crippen LogP contribution is -2.39. The highest BCUT2D eigenvalue weighted by Gasteiger charge is 2.27. The number of hydrogen-bond donors (Lipinski definition) is 7. The molecule has 12 nitrogen and oxygen atoms in total. The largest absolute Gasteiger partial charge is 0.480 e. The number of aliphatic imine (C=N–C) groups is 1. The van der Waals surface area contributed by atoms with E-state index in [1.54, 1.807) is 0 Å². The second-order valence-corrected chi connectivity index (χ2v) is 7.70. The third kappa shape index (κ3) is 10.7. The van der Waals surface area contributed by atoms with E-state index in [2.05, 4.69) is 4.99 Å². The van der Waals surface area contributed by atoms with Crippen LogP contribution in [-0.2, 0) is 13.9 Å². The molecule has 14 heteroatoms. The molecule has 0 aromatic heterocycles. The molecule has 0 aromatic carbocycles. The molecular formula is C8H20N4O8P2. The predicted octanol–water partition coefficient (Wildman–Crippen LogP) is -1.93. The van der Waals surface area contributed by atoms with E-state index < -0.39 is 45.7 Å². The summed E-state index contributed by atoms with van der Waals surface area (Å²) in [6.07, 6.45) is -1.67. The highest BCUT2D eigenvalue weighted by molar-refractivity contribution is 7.52. The van der Waals surface area contributed by atoms with Gasteiger partial charge in [0.05, 0.1) is 0 Å². The van der Waals surface area contributed by atoms with E-state index in [0.29, 0.717) is 4.90 Å². The Labute approximate surface area is 126 Å². The molecule has 0 fully saturated rings. The van der Waals surface area contributed by atoms with Crippen LogP contribution in [0.3, 0.4) is 0 Å². The molecule has 0 rings (SSSR count). The van der Waals surface area contributed by atoms with Gasteiger partial charge in [0.25, 0.3) is 0 Å². The molecule has 1 atom stereocenters. The lowest BCUT2D eigenvalue weighted by atomic mass is 10.2. The molecular weight excluding hydrogens is 342 g/mol. The van der Waals surface area contributed by atoms with Crippen LogP contribution in [0.4, 0.5) is 0 Å². The Morgan fingerprint density at radius 2 is 1.59 bits per heavy atom. The zero-order chi connectivity index (χ0) is 17.6. The summed E-state index contributed by atoms with van der Waals surface area (Å²) < 4.78 is 21.9. The normalized spacial score (nSPS) is 14.7. The van der Waals surface area contributed by atoms with Crippen molar-refractivity contribution in [2.45, 2.75) is 18.9 Å². The van der Waals surface area contributed by atoms with E-state index in [-0.39, 0.29) is 19.4 Å². The van der Waals surface area contributed by atoms with E-state index in [4.69, 9.17) is 36.1 Å². The van der Waals surface area contributed by atoms with Crippen molar-refractivity contribution in [2.24, 2.45) is 16.5 Å². The van der Waals surface area contributed by atoms with Crippen molar-refractivity contribution >= 4 is 27.1 Å². The predicted molar refractivity (Wildman–Crippen MR) is 77.0 cm³/mol. The Morgan fingerprint density at radius 1 is 1.14 bits per heavy atom. The summed E-state index contributed by atoms with van der Waals surface area (Å²) in [4.78, 5) is 50.2. The molecule has 0 amide bonds. The van der Waals surface area contributed by atoms with Crippen molar-refractivity contribution < 1.29 is 38.6 Å². The molecule has 0 saturated carbocycles. The lowest BCUT2D eigenvalue weighted by molar-refractivity contribution is -0.138. The van der Waals surface area contributed by atoms with Crippen LogP contribution >= 0.6 is 15.2 Å². The van der Waals surface area contributed by atoms with Gasteiger partial charge in [-0.1, -0.05) is 0 Å². The first-order valence-corrected chi connectivity index (χ1v) is 9.54. The molecule has 0 heterocycles. The number of carboxylic acid groups (broad SMARTS) is 1. The van der Waals surface area contributed by atoms with Gasteiger partial charge < -0.3 is 41.0 Å². The van der Waals surface area contributed by atoms with Crippen LogP contribution in [-0.4, -0.2) is 66.7 Å². The van der Waals surface area contributed by atoms with Crippen LogP contribution in [0.2, 0.25) is 0 Å². The monoisotopic (exact) mass is 362 g/mol. The Balaban J connectivity index is 4.70. The standard InChI is InChI=1S/C8H20N4O8P2/c9-6(7(13)14)2-1-3-11-8(10)12(4-21(15,16)17)5-22(18,19)20/h6H,1-5,9H2,(H2,10,11)(H,13,14)(H2,15,16,17)(H2,18,19,20). The van der Waals surface area contributed by atoms with Crippen molar-refractivity contribution in [1.29, 1.82) is 0 Å². The molecule has 0 aliphatic rings. The van der Waals surface area contributed by atoms with Crippen LogP contribution in [0.25, 0.3) is 0 Å². The number of carbonyl (C=O) groups is 1. The molecule has 130 valence electrons. The minimum atomic E-state index is -4.61. The van der Waals surface area contributed by atoms with Gasteiger partial charge in [-0.3, -0.25) is 18.9 Å². The summed E-state index contributed by atoms with van der Waals surface area (Å²) in [5, 5.41) is 8.57. The maximum Gasteiger partial charge on any atom is 0.344 e. The molecule has 0 aliphatic carbocycles. The molecule has 0 aliphatic heterocycles. The molecule has 9 N–H and O–H groups in total. The number of aliphatic carboxylic acids is 1. The number of nitrogens with two attached hydrogens (primary N) is 2. The highest BCUT2D eigenvalue weighted by Crippen LogP contribution is 2.40. The van der Waals surface area contributed by atoms with Gasteiger partial charge >= 0.3 is 21.2 Å². The highest BCUT2D eigenvalue weighted by atomic mass is 31.2. The fourth-order valence-electron chi connectivity index (χ4n) is 1.36. The maximum absolute atomic E-state index is 10.9. The van der Waals surface area contributed by atoms with Gasteiger partial charge in [0.2, 0.25) is 0 Å². The van der Waals surface area contributed by atoms with Crippen molar-refractivity contribution in [3.05, 3.63) is 0 Å². The Kier molecular flexibility index (Phi) is 8.19. The fraction of sp³-hybridized carbons (Fsp3) is 0.750. The van der Waals surface area contributed by atoms with E-state index in [0.717, 1.165) is 0 Å². The Hall–Kier alpha value is -1.00. The van der Waals surface area contributed by atoms with Gasteiger partial charge in [0.1, 0.15) is 18.6 Å². The zero-order valence-corrected chi connectivity index (χ0v) is 13.3. The second kappa shape index (κ2) is 8.59. The quantitative estimate of drug-likeness (QED) is 0.103. The maximum atomic E-state index is 10.9. The first-order chi connectivity index (χ1) is 9.82. The van der Waals surface area contributed by atoms with Crippen molar-refractivity contribution in [2.75, 3.05) is 19.1 Å². The molecule has 0 saturated heterocycles. The molecule has 0 spiro atoms. The summed E-state index contributed by atoms with van der Waals surface area (Å²) in [7, 11) is -9.21. The molecule has 22 heavy (non-hydrogen) atoms. The molecule has 0 bridgehead atoms. The van der Waals surface area contributed by atoms with E-state index >= 15 is 0 Å². The van der Waals surface area contributed by atoms with Gasteiger partial charge in [-0.15, -0.1) is 0 Å². The van der Waals surface area contributed by atoms with Crippen LogP contribution in [0.1, 0.15) is 12.8 Å².